The molecule has 12 heavy (non-hydrogen) atoms. The van der Waals surface area contributed by atoms with E-state index in [9.17, 15) is 10.2 Å². The van der Waals surface area contributed by atoms with E-state index in [1.807, 2.05) is 0 Å². The van der Waals surface area contributed by atoms with Crippen LogP contribution in [0.25, 0.3) is 0 Å². The number of allylic oxidation sites excluding steroid dienone is 1. The van der Waals surface area contributed by atoms with Crippen molar-refractivity contribution in [1.29, 1.82) is 0 Å². The molecule has 0 aliphatic heterocycles. The Balaban J connectivity index is -0.0000000457. The molecule has 0 fully saturated rings. The summed E-state index contributed by atoms with van der Waals surface area (Å²) < 4.78 is 0. The van der Waals surface area contributed by atoms with Gasteiger partial charge in [0.2, 0.25) is 0 Å². The Morgan fingerprint density at radius 1 is 1.42 bits per heavy atom. The second-order valence-corrected chi connectivity index (χ2v) is 1.95. The molecule has 4 heteroatoms. The summed E-state index contributed by atoms with van der Waals surface area (Å²) in [6.45, 7) is 11.2. The van der Waals surface area contributed by atoms with Crippen LogP contribution >= 0.6 is 0 Å². The Labute approximate surface area is 95.7 Å². The van der Waals surface area contributed by atoms with Gasteiger partial charge in [-0.15, -0.1) is 0 Å². The van der Waals surface area contributed by atoms with Gasteiger partial charge in [0.25, 0.3) is 0 Å². The molecule has 0 unspecified atom stereocenters. The first-order valence-electron chi connectivity index (χ1n) is 2.81. The molecular formula is C8H12Mn2O2. The van der Waals surface area contributed by atoms with E-state index in [1.165, 1.54) is 0 Å². The molecule has 2 radical (unpaired) electrons. The summed E-state index contributed by atoms with van der Waals surface area (Å²) in [6, 6.07) is 0. The van der Waals surface area contributed by atoms with Gasteiger partial charge in [-0.1, -0.05) is 13.8 Å². The first-order chi connectivity index (χ1) is 4.54. The molecule has 0 amide bonds. The average Bonchev–Trinajstić information content (AvgIpc) is 1.89. The SMILES string of the molecule is [CH-]=C(C)C[O-].[CH2-]C(C)=C[O-].[Mn+2].[Mn+2]. The van der Waals surface area contributed by atoms with Crippen molar-refractivity contribution in [2.24, 2.45) is 0 Å². The minimum absolute atomic E-state index is 0. The van der Waals surface area contributed by atoms with E-state index in [0.29, 0.717) is 11.1 Å². The van der Waals surface area contributed by atoms with Crippen molar-refractivity contribution in [2.75, 3.05) is 6.61 Å². The molecular weight excluding hydrogens is 238 g/mol. The Bertz CT molecular complexity index is 118. The smallest absolute Gasteiger partial charge is 0.959 e. The van der Waals surface area contributed by atoms with Crippen molar-refractivity contribution in [3.63, 3.8) is 0 Å². The molecule has 2 nitrogen and oxygen atoms in total. The van der Waals surface area contributed by atoms with Gasteiger partial charge in [-0.3, -0.25) is 5.57 Å². The van der Waals surface area contributed by atoms with Crippen LogP contribution in [0.3, 0.4) is 0 Å². The van der Waals surface area contributed by atoms with Crippen molar-refractivity contribution < 1.29 is 44.4 Å². The molecule has 0 aliphatic carbocycles. The summed E-state index contributed by atoms with van der Waals surface area (Å²) in [5.41, 5.74) is 1.02. The molecule has 0 spiro atoms. The van der Waals surface area contributed by atoms with E-state index in [2.05, 4.69) is 6.92 Å². The van der Waals surface area contributed by atoms with Crippen molar-refractivity contribution >= 4 is 0 Å². The van der Waals surface area contributed by atoms with E-state index in [1.54, 1.807) is 13.8 Å². The van der Waals surface area contributed by atoms with Gasteiger partial charge in [0, 0.05) is 0 Å². The average molecular weight is 250 g/mol. The number of hydrogen-bond donors (Lipinski definition) is 0. The van der Waals surface area contributed by atoms with Crippen LogP contribution in [0.1, 0.15) is 13.8 Å². The second-order valence-electron chi connectivity index (χ2n) is 1.95. The Kier molecular flexibility index (Phi) is 32.8. The third-order valence-electron chi connectivity index (χ3n) is 0.429. The Morgan fingerprint density at radius 2 is 1.58 bits per heavy atom. The predicted octanol–water partition coefficient (Wildman–Crippen LogP) is -0.194. The van der Waals surface area contributed by atoms with Crippen LogP contribution in [0.2, 0.25) is 0 Å². The van der Waals surface area contributed by atoms with E-state index in [-0.39, 0.29) is 40.7 Å². The van der Waals surface area contributed by atoms with Gasteiger partial charge in [0.05, 0.1) is 0 Å². The van der Waals surface area contributed by atoms with Crippen LogP contribution in [-0.2, 0) is 34.1 Å². The van der Waals surface area contributed by atoms with E-state index >= 15 is 0 Å². The minimum Gasteiger partial charge on any atom is -0.959 e. The summed E-state index contributed by atoms with van der Waals surface area (Å²) in [6.07, 6.45) is 0.722. The van der Waals surface area contributed by atoms with Gasteiger partial charge >= 0.3 is 34.1 Å². The van der Waals surface area contributed by atoms with Gasteiger partial charge in [-0.2, -0.15) is 6.61 Å². The fourth-order valence-electron chi connectivity index (χ4n) is 0. The molecule has 0 rings (SSSR count). The summed E-state index contributed by atoms with van der Waals surface area (Å²) in [7, 11) is 0. The maximum Gasteiger partial charge on any atom is 2.00 e. The Morgan fingerprint density at radius 3 is 1.58 bits per heavy atom. The standard InChI is InChI=1S/C4H7O.C4H6O.2Mn/c2*1-4(2)3-5;;/h3,5H,1H2,2H3;1H,3H2,2H3;;/q-1;-2;2*+2/p-1. The van der Waals surface area contributed by atoms with E-state index < -0.39 is 0 Å². The van der Waals surface area contributed by atoms with Crippen LogP contribution in [-0.4, -0.2) is 6.61 Å². The van der Waals surface area contributed by atoms with Crippen LogP contribution in [0.5, 0.6) is 0 Å². The molecule has 0 aromatic heterocycles. The normalized spacial score (nSPS) is 8.08. The monoisotopic (exact) mass is 250 g/mol. The molecule has 70 valence electrons. The van der Waals surface area contributed by atoms with Gasteiger partial charge in [0.15, 0.2) is 0 Å². The summed E-state index contributed by atoms with van der Waals surface area (Å²) >= 11 is 0. The fourth-order valence-corrected chi connectivity index (χ4v) is 0. The third-order valence-corrected chi connectivity index (χ3v) is 0.429. The number of rotatable bonds is 1. The van der Waals surface area contributed by atoms with Crippen LogP contribution in [0.15, 0.2) is 17.4 Å². The van der Waals surface area contributed by atoms with E-state index in [0.717, 1.165) is 6.26 Å². The zero-order valence-corrected chi connectivity index (χ0v) is 9.50. The van der Waals surface area contributed by atoms with Gasteiger partial charge < -0.3 is 23.1 Å². The molecule has 0 bridgehead atoms. The molecule has 0 saturated heterocycles. The van der Waals surface area contributed by atoms with Crippen molar-refractivity contribution in [3.05, 3.63) is 30.9 Å². The van der Waals surface area contributed by atoms with Crippen molar-refractivity contribution in [3.8, 4) is 0 Å². The van der Waals surface area contributed by atoms with Gasteiger partial charge in [-0.05, 0) is 0 Å². The second kappa shape index (κ2) is 17.3. The fraction of sp³-hybridized carbons (Fsp3) is 0.375. The minimum atomic E-state index is -0.250. The Hall–Kier alpha value is 0.149. The molecule has 0 heterocycles. The quantitative estimate of drug-likeness (QED) is 0.367. The van der Waals surface area contributed by atoms with Crippen molar-refractivity contribution in [1.82, 2.24) is 0 Å². The maximum atomic E-state index is 9.47. The number of hydrogen-bond acceptors (Lipinski definition) is 2. The zero-order chi connectivity index (χ0) is 8.57. The predicted molar refractivity (Wildman–Crippen MR) is 37.5 cm³/mol. The molecule has 0 N–H and O–H groups in total. The molecule has 0 aliphatic rings. The first-order valence-corrected chi connectivity index (χ1v) is 2.81. The summed E-state index contributed by atoms with van der Waals surface area (Å²) in [5.74, 6) is 0. The molecule has 0 aromatic rings. The van der Waals surface area contributed by atoms with Crippen molar-refractivity contribution in [2.45, 2.75) is 13.8 Å². The maximum absolute atomic E-state index is 9.47. The van der Waals surface area contributed by atoms with Crippen LogP contribution < -0.4 is 10.2 Å². The first kappa shape index (κ1) is 22.7. The zero-order valence-electron chi connectivity index (χ0n) is 7.14. The van der Waals surface area contributed by atoms with Gasteiger partial charge in [-0.25, -0.2) is 12.5 Å². The van der Waals surface area contributed by atoms with Gasteiger partial charge in [0.1, 0.15) is 0 Å². The van der Waals surface area contributed by atoms with E-state index in [4.69, 9.17) is 6.58 Å². The summed E-state index contributed by atoms with van der Waals surface area (Å²) in [5, 5.41) is 18.9. The van der Waals surface area contributed by atoms with Crippen LogP contribution in [0.4, 0.5) is 0 Å². The molecule has 0 saturated carbocycles. The summed E-state index contributed by atoms with van der Waals surface area (Å²) in [4.78, 5) is 0. The topological polar surface area (TPSA) is 46.1 Å². The third kappa shape index (κ3) is 49.3. The molecule has 0 atom stereocenters. The molecule has 0 aromatic carbocycles. The van der Waals surface area contributed by atoms with Crippen LogP contribution in [0, 0.1) is 13.5 Å². The largest absolute Gasteiger partial charge is 2.00 e.